The van der Waals surface area contributed by atoms with Crippen LogP contribution < -0.4 is 5.32 Å². The van der Waals surface area contributed by atoms with E-state index in [1.807, 2.05) is 13.8 Å². The van der Waals surface area contributed by atoms with Gasteiger partial charge in [-0.3, -0.25) is 0 Å². The molecule has 8 nitrogen and oxygen atoms in total. The number of nitrogens with one attached hydrogen (secondary N) is 1. The van der Waals surface area contributed by atoms with Crippen LogP contribution in [-0.2, 0) is 23.7 Å². The molecule has 168 valence electrons. The number of hydrogen-bond donors (Lipinski definition) is 2. The number of carbonyl (C=O) groups excluding carboxylic acids is 2. The first-order chi connectivity index (χ1) is 13.2. The van der Waals surface area contributed by atoms with Crippen LogP contribution in [0.15, 0.2) is 11.8 Å². The molecule has 0 aromatic carbocycles. The van der Waals surface area contributed by atoms with Gasteiger partial charge in [-0.25, -0.2) is 9.59 Å². The zero-order valence-corrected chi connectivity index (χ0v) is 19.1. The monoisotopic (exact) mass is 415 g/mol. The minimum Gasteiger partial charge on any atom is -0.489 e. The van der Waals surface area contributed by atoms with Crippen LogP contribution >= 0.6 is 0 Å². The molecule has 0 spiro atoms. The van der Waals surface area contributed by atoms with Crippen LogP contribution in [0.3, 0.4) is 0 Å². The van der Waals surface area contributed by atoms with Gasteiger partial charge in [0.1, 0.15) is 29.2 Å². The normalized spacial score (nSPS) is 24.9. The number of alkyl carbamates (subject to hydrolysis) is 1. The molecule has 1 heterocycles. The van der Waals surface area contributed by atoms with E-state index in [-0.39, 0.29) is 18.3 Å². The van der Waals surface area contributed by atoms with Gasteiger partial charge in [0.25, 0.3) is 0 Å². The molecule has 0 aliphatic carbocycles. The fraction of sp³-hybridized carbons (Fsp3) is 0.810. The molecular formula is C21H37NO7. The highest BCUT2D eigenvalue weighted by Gasteiger charge is 2.48. The number of carbonyl (C=O) groups is 2. The first-order valence-corrected chi connectivity index (χ1v) is 9.93. The van der Waals surface area contributed by atoms with Gasteiger partial charge in [0.15, 0.2) is 0 Å². The van der Waals surface area contributed by atoms with Crippen LogP contribution in [0.1, 0.15) is 55.4 Å². The number of ether oxygens (including phenoxy) is 4. The van der Waals surface area contributed by atoms with E-state index in [1.54, 1.807) is 41.5 Å². The van der Waals surface area contributed by atoms with Crippen molar-refractivity contribution in [1.82, 2.24) is 5.32 Å². The van der Waals surface area contributed by atoms with E-state index < -0.39 is 47.4 Å². The summed E-state index contributed by atoms with van der Waals surface area (Å²) in [6.45, 7) is 14.2. The minimum absolute atomic E-state index is 0.0105. The van der Waals surface area contributed by atoms with Crippen LogP contribution in [0, 0.1) is 11.8 Å². The highest BCUT2D eigenvalue weighted by Crippen LogP contribution is 2.36. The Morgan fingerprint density at radius 2 is 1.69 bits per heavy atom. The van der Waals surface area contributed by atoms with Gasteiger partial charge in [0.05, 0.1) is 18.6 Å². The lowest BCUT2D eigenvalue weighted by Crippen LogP contribution is -2.51. The third-order valence-corrected chi connectivity index (χ3v) is 4.26. The number of rotatable bonds is 6. The van der Waals surface area contributed by atoms with Gasteiger partial charge in [-0.2, -0.15) is 0 Å². The Morgan fingerprint density at radius 3 is 2.10 bits per heavy atom. The van der Waals surface area contributed by atoms with Crippen molar-refractivity contribution < 1.29 is 33.6 Å². The topological polar surface area (TPSA) is 103 Å². The fourth-order valence-electron chi connectivity index (χ4n) is 3.27. The molecule has 0 radical (unpaired) electrons. The second kappa shape index (κ2) is 9.80. The van der Waals surface area contributed by atoms with Crippen molar-refractivity contribution in [3.05, 3.63) is 11.8 Å². The van der Waals surface area contributed by atoms with Crippen molar-refractivity contribution in [3.63, 3.8) is 0 Å². The van der Waals surface area contributed by atoms with Gasteiger partial charge in [-0.05, 0) is 47.5 Å². The van der Waals surface area contributed by atoms with Gasteiger partial charge in [-0.1, -0.05) is 13.8 Å². The third kappa shape index (κ3) is 7.85. The van der Waals surface area contributed by atoms with E-state index in [0.29, 0.717) is 0 Å². The maximum atomic E-state index is 12.4. The van der Waals surface area contributed by atoms with Crippen LogP contribution in [-0.4, -0.2) is 60.3 Å². The van der Waals surface area contributed by atoms with Crippen molar-refractivity contribution in [3.8, 4) is 0 Å². The largest absolute Gasteiger partial charge is 0.489 e. The van der Waals surface area contributed by atoms with E-state index in [9.17, 15) is 14.7 Å². The van der Waals surface area contributed by atoms with Gasteiger partial charge in [0.2, 0.25) is 0 Å². The van der Waals surface area contributed by atoms with Crippen molar-refractivity contribution in [2.75, 3.05) is 13.7 Å². The Kier molecular flexibility index (Phi) is 8.53. The Balaban J connectivity index is 3.14. The number of methoxy groups -OCH3 is 1. The van der Waals surface area contributed by atoms with Crippen molar-refractivity contribution in [1.29, 1.82) is 0 Å². The summed E-state index contributed by atoms with van der Waals surface area (Å²) in [7, 11) is 1.49. The van der Waals surface area contributed by atoms with E-state index in [2.05, 4.69) is 5.32 Å². The van der Waals surface area contributed by atoms with E-state index in [1.165, 1.54) is 13.2 Å². The molecule has 1 amide bonds. The number of aliphatic hydroxyl groups is 1. The molecule has 0 aromatic rings. The molecule has 0 saturated carbocycles. The second-order valence-electron chi connectivity index (χ2n) is 9.57. The predicted molar refractivity (Wildman–Crippen MR) is 108 cm³/mol. The molecule has 4 atom stereocenters. The van der Waals surface area contributed by atoms with Crippen molar-refractivity contribution >= 4 is 12.1 Å². The summed E-state index contributed by atoms with van der Waals surface area (Å²) in [6.07, 6.45) is -0.613. The number of esters is 1. The second-order valence-corrected chi connectivity index (χ2v) is 9.57. The third-order valence-electron chi connectivity index (χ3n) is 4.26. The fourth-order valence-corrected chi connectivity index (χ4v) is 3.27. The highest BCUT2D eigenvalue weighted by molar-refractivity contribution is 5.83. The summed E-state index contributed by atoms with van der Waals surface area (Å²) < 4.78 is 22.1. The highest BCUT2D eigenvalue weighted by atomic mass is 16.6. The molecule has 0 unspecified atom stereocenters. The minimum atomic E-state index is -0.657. The predicted octanol–water partition coefficient (Wildman–Crippen LogP) is 2.78. The zero-order chi connectivity index (χ0) is 22.6. The van der Waals surface area contributed by atoms with Crippen molar-refractivity contribution in [2.24, 2.45) is 11.8 Å². The lowest BCUT2D eigenvalue weighted by atomic mass is 9.83. The Morgan fingerprint density at radius 1 is 1.14 bits per heavy atom. The first-order valence-electron chi connectivity index (χ1n) is 9.93. The smallest absolute Gasteiger partial charge is 0.407 e. The Hall–Kier alpha value is -1.80. The molecule has 29 heavy (non-hydrogen) atoms. The van der Waals surface area contributed by atoms with E-state index in [4.69, 9.17) is 18.9 Å². The van der Waals surface area contributed by atoms with E-state index in [0.717, 1.165) is 0 Å². The summed E-state index contributed by atoms with van der Waals surface area (Å²) >= 11 is 0. The lowest BCUT2D eigenvalue weighted by molar-refractivity contribution is -0.148. The molecule has 1 fully saturated rings. The lowest BCUT2D eigenvalue weighted by Gasteiger charge is -2.33. The van der Waals surface area contributed by atoms with Crippen molar-refractivity contribution in [2.45, 2.75) is 84.8 Å². The van der Waals surface area contributed by atoms with Gasteiger partial charge < -0.3 is 29.4 Å². The summed E-state index contributed by atoms with van der Waals surface area (Å²) in [4.78, 5) is 24.6. The maximum absolute atomic E-state index is 12.4. The molecule has 1 saturated heterocycles. The maximum Gasteiger partial charge on any atom is 0.407 e. The zero-order valence-electron chi connectivity index (χ0n) is 19.1. The van der Waals surface area contributed by atoms with Crippen LogP contribution in [0.4, 0.5) is 4.79 Å². The molecule has 1 rings (SSSR count). The molecule has 1 aliphatic rings. The van der Waals surface area contributed by atoms with Crippen LogP contribution in [0.25, 0.3) is 0 Å². The van der Waals surface area contributed by atoms with E-state index >= 15 is 0 Å². The first kappa shape index (κ1) is 25.2. The molecule has 2 N–H and O–H groups in total. The number of amides is 1. The summed E-state index contributed by atoms with van der Waals surface area (Å²) in [5, 5.41) is 12.8. The summed E-state index contributed by atoms with van der Waals surface area (Å²) in [5.41, 5.74) is -1.29. The summed E-state index contributed by atoms with van der Waals surface area (Å²) in [5.74, 6) is -0.731. The van der Waals surface area contributed by atoms with Gasteiger partial charge in [-0.15, -0.1) is 0 Å². The molecule has 0 aromatic heterocycles. The molecule has 1 aliphatic heterocycles. The number of aliphatic hydroxyl groups excluding tert-OH is 1. The standard InChI is InChI=1S/C21H37NO7/c1-12(2)17(22-19(25)29-21(6,7)8)16-14(11-23)27-13(18(16)26-9)10-15(24)28-20(3,4)5/h10,12,14,16-18,23H,11H2,1-9H3,(H,22,25)/b13-10-/t14-,16-,17+,18+/m1/s1. The molecule has 0 bridgehead atoms. The molecular weight excluding hydrogens is 378 g/mol. The van der Waals surface area contributed by atoms with Gasteiger partial charge in [0, 0.05) is 13.2 Å². The Bertz CT molecular complexity index is 601. The SMILES string of the molecule is CO[C@H]1/C(=C/C(=O)OC(C)(C)C)O[C@H](CO)[C@@H]1[C@@H](NC(=O)OC(C)(C)C)C(C)C. The quantitative estimate of drug-likeness (QED) is 0.508. The Labute approximate surface area is 173 Å². The van der Waals surface area contributed by atoms with Gasteiger partial charge >= 0.3 is 12.1 Å². The average Bonchev–Trinajstić information content (AvgIpc) is 2.85. The molecule has 8 heteroatoms. The van der Waals surface area contributed by atoms with Crippen LogP contribution in [0.2, 0.25) is 0 Å². The number of hydrogen-bond acceptors (Lipinski definition) is 7. The summed E-state index contributed by atoms with van der Waals surface area (Å²) in [6, 6.07) is -0.420. The van der Waals surface area contributed by atoms with Crippen LogP contribution in [0.5, 0.6) is 0 Å². The average molecular weight is 416 g/mol.